The van der Waals surface area contributed by atoms with E-state index in [4.69, 9.17) is 15.0 Å². The first-order valence-electron chi connectivity index (χ1n) is 13.5. The van der Waals surface area contributed by atoms with Crippen LogP contribution in [0.4, 0.5) is 20.5 Å². The van der Waals surface area contributed by atoms with Crippen LogP contribution >= 0.6 is 0 Å². The van der Waals surface area contributed by atoms with E-state index in [0.717, 1.165) is 25.7 Å². The van der Waals surface area contributed by atoms with Crippen molar-refractivity contribution in [1.29, 1.82) is 5.26 Å². The summed E-state index contributed by atoms with van der Waals surface area (Å²) in [6, 6.07) is 11.3. The molecule has 2 aliphatic rings. The molecule has 3 heterocycles. The Morgan fingerprint density at radius 1 is 1.10 bits per heavy atom. The molecule has 1 saturated carbocycles. The van der Waals surface area contributed by atoms with Gasteiger partial charge in [-0.3, -0.25) is 9.47 Å². The van der Waals surface area contributed by atoms with Crippen molar-refractivity contribution in [2.75, 3.05) is 62.8 Å². The van der Waals surface area contributed by atoms with E-state index in [0.29, 0.717) is 86.5 Å². The third-order valence-corrected chi connectivity index (χ3v) is 7.59. The van der Waals surface area contributed by atoms with Gasteiger partial charge >= 0.3 is 0 Å². The maximum absolute atomic E-state index is 14.1. The molecular formula is C27H34F2N8O2. The summed E-state index contributed by atoms with van der Waals surface area (Å²) < 4.78 is 35.1. The summed E-state index contributed by atoms with van der Waals surface area (Å²) in [7, 11) is 0. The molecule has 0 amide bonds. The number of aromatic nitrogens is 4. The van der Waals surface area contributed by atoms with Gasteiger partial charge in [0.25, 0.3) is 6.43 Å². The van der Waals surface area contributed by atoms with E-state index >= 15 is 0 Å². The normalized spacial score (nSPS) is 20.1. The summed E-state index contributed by atoms with van der Waals surface area (Å²) in [6.45, 7) is 3.98. The van der Waals surface area contributed by atoms with Gasteiger partial charge in [-0.05, 0) is 43.7 Å². The topological polar surface area (TPSA) is 115 Å². The van der Waals surface area contributed by atoms with E-state index < -0.39 is 6.43 Å². The van der Waals surface area contributed by atoms with Gasteiger partial charge in [-0.25, -0.2) is 13.8 Å². The van der Waals surface area contributed by atoms with E-state index in [9.17, 15) is 13.9 Å². The Morgan fingerprint density at radius 3 is 2.56 bits per heavy atom. The van der Waals surface area contributed by atoms with E-state index in [-0.39, 0.29) is 12.4 Å². The van der Waals surface area contributed by atoms with Gasteiger partial charge < -0.3 is 20.1 Å². The number of rotatable bonds is 10. The first-order valence-corrected chi connectivity index (χ1v) is 13.5. The van der Waals surface area contributed by atoms with Crippen molar-refractivity contribution in [3.63, 3.8) is 0 Å². The molecule has 1 aliphatic carbocycles. The van der Waals surface area contributed by atoms with Crippen LogP contribution in [-0.4, -0.2) is 88.1 Å². The number of aliphatic hydroxyl groups excluding tert-OH is 1. The number of alkyl halides is 2. The van der Waals surface area contributed by atoms with Crippen LogP contribution in [0.2, 0.25) is 0 Å². The molecule has 1 saturated heterocycles. The second-order valence-electron chi connectivity index (χ2n) is 10.0. The molecule has 0 radical (unpaired) electrons. The number of imidazole rings is 1. The van der Waals surface area contributed by atoms with Crippen molar-refractivity contribution in [3.8, 4) is 11.9 Å². The molecule has 12 heteroatoms. The van der Waals surface area contributed by atoms with Crippen molar-refractivity contribution in [2.24, 2.45) is 5.92 Å². The zero-order valence-corrected chi connectivity index (χ0v) is 21.8. The molecule has 2 aromatic heterocycles. The molecule has 2 fully saturated rings. The van der Waals surface area contributed by atoms with Gasteiger partial charge in [0.15, 0.2) is 5.82 Å². The molecule has 5 rings (SSSR count). The minimum atomic E-state index is -2.77. The van der Waals surface area contributed by atoms with Gasteiger partial charge in [0, 0.05) is 38.3 Å². The number of benzene rings is 1. The van der Waals surface area contributed by atoms with Crippen molar-refractivity contribution in [2.45, 2.75) is 38.2 Å². The number of nitriles is 1. The number of nitrogens with one attached hydrogen (secondary N) is 1. The van der Waals surface area contributed by atoms with E-state index in [1.807, 2.05) is 0 Å². The first kappa shape index (κ1) is 27.2. The summed E-state index contributed by atoms with van der Waals surface area (Å²) in [5.74, 6) is 1.43. The molecule has 208 valence electrons. The van der Waals surface area contributed by atoms with Crippen molar-refractivity contribution >= 4 is 22.8 Å². The van der Waals surface area contributed by atoms with Crippen LogP contribution < -0.4 is 10.2 Å². The number of anilines is 2. The SMILES string of the molecule is N#CCN(CCO)[C@H]1CC[C@H](CNc2nc(N3CCOCC3)cc(-n3c(C(F)F)nc4ccccc43)n2)CC1. The van der Waals surface area contributed by atoms with Crippen LogP contribution in [0.3, 0.4) is 0 Å². The lowest BCUT2D eigenvalue weighted by Crippen LogP contribution is -2.40. The zero-order chi connectivity index (χ0) is 27.2. The number of halogens is 2. The minimum absolute atomic E-state index is 0.0434. The lowest BCUT2D eigenvalue weighted by Gasteiger charge is -2.35. The third-order valence-electron chi connectivity index (χ3n) is 7.59. The van der Waals surface area contributed by atoms with Gasteiger partial charge in [0.05, 0.1) is 43.5 Å². The molecule has 0 unspecified atom stereocenters. The number of ether oxygens (including phenoxy) is 1. The molecule has 2 N–H and O–H groups in total. The minimum Gasteiger partial charge on any atom is -0.395 e. The van der Waals surface area contributed by atoms with Crippen LogP contribution in [0, 0.1) is 17.2 Å². The molecule has 0 atom stereocenters. The van der Waals surface area contributed by atoms with Gasteiger partial charge in [-0.2, -0.15) is 15.2 Å². The largest absolute Gasteiger partial charge is 0.395 e. The van der Waals surface area contributed by atoms with Gasteiger partial charge in [-0.1, -0.05) is 12.1 Å². The Bertz CT molecular complexity index is 1280. The Kier molecular flexibility index (Phi) is 8.81. The van der Waals surface area contributed by atoms with Crippen LogP contribution in [0.1, 0.15) is 37.9 Å². The summed E-state index contributed by atoms with van der Waals surface area (Å²) in [5.41, 5.74) is 1.05. The lowest BCUT2D eigenvalue weighted by atomic mass is 9.85. The highest BCUT2D eigenvalue weighted by Crippen LogP contribution is 2.30. The predicted molar refractivity (Wildman–Crippen MR) is 143 cm³/mol. The fourth-order valence-corrected chi connectivity index (χ4v) is 5.56. The predicted octanol–water partition coefficient (Wildman–Crippen LogP) is 3.38. The number of hydrogen-bond donors (Lipinski definition) is 2. The fourth-order valence-electron chi connectivity index (χ4n) is 5.56. The summed E-state index contributed by atoms with van der Waals surface area (Å²) in [4.78, 5) is 17.8. The fraction of sp³-hybridized carbons (Fsp3) is 0.556. The van der Waals surface area contributed by atoms with Crippen molar-refractivity contribution < 1.29 is 18.6 Å². The third kappa shape index (κ3) is 6.27. The number of para-hydroxylation sites is 2. The van der Waals surface area contributed by atoms with Gasteiger partial charge in [0.2, 0.25) is 5.95 Å². The number of hydrogen-bond acceptors (Lipinski definition) is 9. The standard InChI is InChI=1S/C27H34F2N8O2/c28-25(29)26-32-21-3-1-2-4-22(21)37(26)24-17-23(36-12-15-39-16-13-36)33-27(34-24)31-18-19-5-7-20(8-6-19)35(10-9-30)11-14-38/h1-4,17,19-20,25,38H,5-8,10-16,18H2,(H,31,33,34)/t19-,20-. The Hall–Kier alpha value is -3.40. The molecule has 10 nitrogen and oxygen atoms in total. The Labute approximate surface area is 226 Å². The Morgan fingerprint density at radius 2 is 1.85 bits per heavy atom. The highest BCUT2D eigenvalue weighted by atomic mass is 19.3. The highest BCUT2D eigenvalue weighted by Gasteiger charge is 2.27. The van der Waals surface area contributed by atoms with E-state index in [1.54, 1.807) is 30.3 Å². The van der Waals surface area contributed by atoms with Crippen molar-refractivity contribution in [1.82, 2.24) is 24.4 Å². The van der Waals surface area contributed by atoms with Crippen LogP contribution in [0.5, 0.6) is 0 Å². The maximum Gasteiger partial charge on any atom is 0.296 e. The molecule has 0 spiro atoms. The number of morpholine rings is 1. The zero-order valence-electron chi connectivity index (χ0n) is 21.8. The first-order chi connectivity index (χ1) is 19.1. The summed E-state index contributed by atoms with van der Waals surface area (Å²) in [5, 5.41) is 21.8. The average molecular weight is 541 g/mol. The van der Waals surface area contributed by atoms with Crippen LogP contribution in [0.15, 0.2) is 30.3 Å². The number of aliphatic hydroxyl groups is 1. The van der Waals surface area contributed by atoms with E-state index in [2.05, 4.69) is 31.2 Å². The van der Waals surface area contributed by atoms with Gasteiger partial charge in [-0.15, -0.1) is 0 Å². The molecular weight excluding hydrogens is 506 g/mol. The summed E-state index contributed by atoms with van der Waals surface area (Å²) >= 11 is 0. The number of fused-ring (bicyclic) bond motifs is 1. The van der Waals surface area contributed by atoms with Crippen LogP contribution in [0.25, 0.3) is 16.9 Å². The van der Waals surface area contributed by atoms with Gasteiger partial charge in [0.1, 0.15) is 11.6 Å². The maximum atomic E-state index is 14.1. The lowest BCUT2D eigenvalue weighted by molar-refractivity contribution is 0.122. The monoisotopic (exact) mass is 540 g/mol. The quantitative estimate of drug-likeness (QED) is 0.374. The molecule has 39 heavy (non-hydrogen) atoms. The molecule has 0 bridgehead atoms. The van der Waals surface area contributed by atoms with Crippen LogP contribution in [-0.2, 0) is 4.74 Å². The molecule has 1 aliphatic heterocycles. The second-order valence-corrected chi connectivity index (χ2v) is 10.0. The highest BCUT2D eigenvalue weighted by molar-refractivity contribution is 5.78. The second kappa shape index (κ2) is 12.6. The van der Waals surface area contributed by atoms with E-state index in [1.165, 1.54) is 4.57 Å². The molecule has 1 aromatic carbocycles. The number of nitrogens with zero attached hydrogens (tertiary/aromatic N) is 7. The average Bonchev–Trinajstić information content (AvgIpc) is 3.37. The van der Waals surface area contributed by atoms with Crippen molar-refractivity contribution in [3.05, 3.63) is 36.2 Å². The summed E-state index contributed by atoms with van der Waals surface area (Å²) in [6.07, 6.45) is 1.09. The Balaban J connectivity index is 1.38. The smallest absolute Gasteiger partial charge is 0.296 e. The molecule has 3 aromatic rings.